The van der Waals surface area contributed by atoms with Crippen LogP contribution in [0.25, 0.3) is 0 Å². The lowest BCUT2D eigenvalue weighted by molar-refractivity contribution is -0.138. The van der Waals surface area contributed by atoms with Crippen LogP contribution < -0.4 is 11.5 Å². The van der Waals surface area contributed by atoms with Gasteiger partial charge in [0.15, 0.2) is 0 Å². The van der Waals surface area contributed by atoms with Gasteiger partial charge in [-0.25, -0.2) is 0 Å². The molecule has 0 aromatic heterocycles. The van der Waals surface area contributed by atoms with Gasteiger partial charge in [-0.05, 0) is 24.7 Å². The van der Waals surface area contributed by atoms with E-state index in [1.54, 1.807) is 0 Å². The molecule has 1 unspecified atom stereocenters. The fraction of sp³-hybridized carbons (Fsp3) is 0.846. The van der Waals surface area contributed by atoms with Crippen molar-refractivity contribution in [2.45, 2.75) is 33.1 Å². The summed E-state index contributed by atoms with van der Waals surface area (Å²) in [7, 11) is 0. The Morgan fingerprint density at radius 3 is 2.22 bits per heavy atom. The SMILES string of the molecule is CC(C)C(CN)C(=O)N1CCC(CC(N)=O)CC1. The standard InChI is InChI=1S/C13H25N3O2/c1-9(2)11(8-14)13(18)16-5-3-10(4-6-16)7-12(15)17/h9-11H,3-8,14H2,1-2H3,(H2,15,17). The number of carbonyl (C=O) groups excluding carboxylic acids is 2. The van der Waals surface area contributed by atoms with Gasteiger partial charge in [0.2, 0.25) is 11.8 Å². The van der Waals surface area contributed by atoms with E-state index in [1.807, 2.05) is 18.7 Å². The van der Waals surface area contributed by atoms with Crippen LogP contribution in [-0.2, 0) is 9.59 Å². The van der Waals surface area contributed by atoms with E-state index in [9.17, 15) is 9.59 Å². The minimum absolute atomic E-state index is 0.0855. The molecular formula is C13H25N3O2. The molecule has 5 heteroatoms. The lowest BCUT2D eigenvalue weighted by Gasteiger charge is -2.34. The molecule has 4 N–H and O–H groups in total. The van der Waals surface area contributed by atoms with Gasteiger partial charge in [0.05, 0.1) is 5.92 Å². The number of hydrogen-bond acceptors (Lipinski definition) is 3. The van der Waals surface area contributed by atoms with Gasteiger partial charge in [0, 0.05) is 26.1 Å². The minimum Gasteiger partial charge on any atom is -0.370 e. The van der Waals surface area contributed by atoms with Crippen LogP contribution in [0.5, 0.6) is 0 Å². The summed E-state index contributed by atoms with van der Waals surface area (Å²) < 4.78 is 0. The van der Waals surface area contributed by atoms with Crippen molar-refractivity contribution in [1.29, 1.82) is 0 Å². The summed E-state index contributed by atoms with van der Waals surface area (Å²) in [5.74, 6) is 0.428. The first-order chi connectivity index (χ1) is 8.45. The third-order valence-electron chi connectivity index (χ3n) is 3.79. The van der Waals surface area contributed by atoms with Crippen molar-refractivity contribution in [3.8, 4) is 0 Å². The number of rotatable bonds is 5. The third kappa shape index (κ3) is 3.98. The first-order valence-electron chi connectivity index (χ1n) is 6.72. The fourth-order valence-corrected chi connectivity index (χ4v) is 2.53. The molecule has 1 saturated heterocycles. The molecular weight excluding hydrogens is 230 g/mol. The van der Waals surface area contributed by atoms with Crippen LogP contribution in [-0.4, -0.2) is 36.3 Å². The highest BCUT2D eigenvalue weighted by Crippen LogP contribution is 2.22. The van der Waals surface area contributed by atoms with E-state index < -0.39 is 0 Å². The Labute approximate surface area is 109 Å². The maximum Gasteiger partial charge on any atom is 0.227 e. The van der Waals surface area contributed by atoms with E-state index in [0.29, 0.717) is 18.9 Å². The van der Waals surface area contributed by atoms with Gasteiger partial charge in [-0.15, -0.1) is 0 Å². The van der Waals surface area contributed by atoms with Gasteiger partial charge in [0.25, 0.3) is 0 Å². The molecule has 1 heterocycles. The van der Waals surface area contributed by atoms with Gasteiger partial charge < -0.3 is 16.4 Å². The highest BCUT2D eigenvalue weighted by molar-refractivity contribution is 5.79. The summed E-state index contributed by atoms with van der Waals surface area (Å²) in [6.07, 6.45) is 2.17. The Kier molecular flexibility index (Phi) is 5.59. The monoisotopic (exact) mass is 255 g/mol. The zero-order chi connectivity index (χ0) is 13.7. The second-order valence-corrected chi connectivity index (χ2v) is 5.53. The number of amides is 2. The molecule has 1 aliphatic rings. The minimum atomic E-state index is -0.248. The van der Waals surface area contributed by atoms with Crippen molar-refractivity contribution in [2.24, 2.45) is 29.2 Å². The lowest BCUT2D eigenvalue weighted by Crippen LogP contribution is -2.45. The van der Waals surface area contributed by atoms with Gasteiger partial charge in [0.1, 0.15) is 0 Å². The molecule has 0 spiro atoms. The van der Waals surface area contributed by atoms with Crippen molar-refractivity contribution in [3.63, 3.8) is 0 Å². The number of hydrogen-bond donors (Lipinski definition) is 2. The first-order valence-corrected chi connectivity index (χ1v) is 6.72. The maximum absolute atomic E-state index is 12.3. The van der Waals surface area contributed by atoms with E-state index in [2.05, 4.69) is 0 Å². The Balaban J connectivity index is 2.47. The van der Waals surface area contributed by atoms with Crippen molar-refractivity contribution >= 4 is 11.8 Å². The van der Waals surface area contributed by atoms with E-state index in [1.165, 1.54) is 0 Å². The molecule has 1 fully saturated rings. The van der Waals surface area contributed by atoms with Crippen molar-refractivity contribution < 1.29 is 9.59 Å². The maximum atomic E-state index is 12.3. The predicted molar refractivity (Wildman–Crippen MR) is 70.5 cm³/mol. The molecule has 0 bridgehead atoms. The van der Waals surface area contributed by atoms with Crippen molar-refractivity contribution in [1.82, 2.24) is 4.90 Å². The van der Waals surface area contributed by atoms with Gasteiger partial charge in [-0.2, -0.15) is 0 Å². The van der Waals surface area contributed by atoms with Crippen LogP contribution in [0.4, 0.5) is 0 Å². The number of primary amides is 1. The molecule has 0 saturated carbocycles. The number of piperidine rings is 1. The summed E-state index contributed by atoms with van der Waals surface area (Å²) >= 11 is 0. The Morgan fingerprint density at radius 2 is 1.83 bits per heavy atom. The predicted octanol–water partition coefficient (Wildman–Crippen LogP) is 0.331. The fourth-order valence-electron chi connectivity index (χ4n) is 2.53. The number of nitrogens with zero attached hydrogens (tertiary/aromatic N) is 1. The summed E-state index contributed by atoms with van der Waals surface area (Å²) in [5.41, 5.74) is 10.9. The van der Waals surface area contributed by atoms with Gasteiger partial charge >= 0.3 is 0 Å². The van der Waals surface area contributed by atoms with Crippen LogP contribution in [0.1, 0.15) is 33.1 Å². The van der Waals surface area contributed by atoms with Gasteiger partial charge in [-0.1, -0.05) is 13.8 Å². The van der Waals surface area contributed by atoms with Crippen molar-refractivity contribution in [3.05, 3.63) is 0 Å². The molecule has 1 atom stereocenters. The smallest absolute Gasteiger partial charge is 0.227 e. The van der Waals surface area contributed by atoms with Crippen LogP contribution in [0.15, 0.2) is 0 Å². The second kappa shape index (κ2) is 6.73. The van der Waals surface area contributed by atoms with Crippen LogP contribution in [0.2, 0.25) is 0 Å². The zero-order valence-electron chi connectivity index (χ0n) is 11.4. The molecule has 0 radical (unpaired) electrons. The average Bonchev–Trinajstić information content (AvgIpc) is 2.29. The summed E-state index contributed by atoms with van der Waals surface area (Å²) in [6, 6.07) is 0. The molecule has 0 aliphatic carbocycles. The third-order valence-corrected chi connectivity index (χ3v) is 3.79. The first kappa shape index (κ1) is 15.0. The molecule has 0 aromatic rings. The topological polar surface area (TPSA) is 89.4 Å². The summed E-state index contributed by atoms with van der Waals surface area (Å²) in [4.78, 5) is 25.0. The molecule has 0 aromatic carbocycles. The molecule has 2 amide bonds. The zero-order valence-corrected chi connectivity index (χ0v) is 11.4. The molecule has 1 rings (SSSR count). The quantitative estimate of drug-likeness (QED) is 0.742. The number of nitrogens with two attached hydrogens (primary N) is 2. The van der Waals surface area contributed by atoms with Gasteiger partial charge in [-0.3, -0.25) is 9.59 Å². The highest BCUT2D eigenvalue weighted by atomic mass is 16.2. The normalized spacial score (nSPS) is 19.0. The summed E-state index contributed by atoms with van der Waals surface area (Å²) in [5, 5.41) is 0. The average molecular weight is 255 g/mol. The van der Waals surface area contributed by atoms with Crippen LogP contribution >= 0.6 is 0 Å². The van der Waals surface area contributed by atoms with Crippen LogP contribution in [0.3, 0.4) is 0 Å². The van der Waals surface area contributed by atoms with Crippen molar-refractivity contribution in [2.75, 3.05) is 19.6 Å². The van der Waals surface area contributed by atoms with E-state index in [0.717, 1.165) is 25.9 Å². The van der Waals surface area contributed by atoms with E-state index in [-0.39, 0.29) is 23.7 Å². The Morgan fingerprint density at radius 1 is 1.28 bits per heavy atom. The number of carbonyl (C=O) groups is 2. The molecule has 5 nitrogen and oxygen atoms in total. The largest absolute Gasteiger partial charge is 0.370 e. The Bertz CT molecular complexity index is 297. The number of likely N-dealkylation sites (tertiary alicyclic amines) is 1. The van der Waals surface area contributed by atoms with Crippen LogP contribution in [0, 0.1) is 17.8 Å². The van der Waals surface area contributed by atoms with E-state index >= 15 is 0 Å². The lowest BCUT2D eigenvalue weighted by atomic mass is 9.90. The molecule has 104 valence electrons. The molecule has 18 heavy (non-hydrogen) atoms. The Hall–Kier alpha value is -1.10. The summed E-state index contributed by atoms with van der Waals surface area (Å²) in [6.45, 7) is 5.89. The second-order valence-electron chi connectivity index (χ2n) is 5.53. The molecule has 1 aliphatic heterocycles. The highest BCUT2D eigenvalue weighted by Gasteiger charge is 2.29. The van der Waals surface area contributed by atoms with E-state index in [4.69, 9.17) is 11.5 Å².